The van der Waals surface area contributed by atoms with Gasteiger partial charge in [-0.1, -0.05) is 17.4 Å². The minimum Gasteiger partial charge on any atom is -0.388 e. The standard InChI is InChI=1S/C9H10N6OS/c10-9(17)6-3-13-8(4-12-6)11-2-1-7-14-5-16-15-7/h3-5H,1-2H2,(H2,10,17)(H,11,13). The van der Waals surface area contributed by atoms with E-state index in [-0.39, 0.29) is 4.99 Å². The molecule has 0 amide bonds. The topological polar surface area (TPSA) is 103 Å². The first-order chi connectivity index (χ1) is 8.25. The number of hydrogen-bond donors (Lipinski definition) is 2. The van der Waals surface area contributed by atoms with Crippen molar-refractivity contribution < 1.29 is 4.52 Å². The smallest absolute Gasteiger partial charge is 0.213 e. The van der Waals surface area contributed by atoms with Gasteiger partial charge in [-0.3, -0.25) is 0 Å². The summed E-state index contributed by atoms with van der Waals surface area (Å²) in [7, 11) is 0. The molecule has 3 N–H and O–H groups in total. The van der Waals surface area contributed by atoms with E-state index >= 15 is 0 Å². The van der Waals surface area contributed by atoms with E-state index < -0.39 is 0 Å². The first-order valence-electron chi connectivity index (χ1n) is 4.86. The van der Waals surface area contributed by atoms with Gasteiger partial charge in [0, 0.05) is 13.0 Å². The van der Waals surface area contributed by atoms with Crippen LogP contribution in [0.3, 0.4) is 0 Å². The van der Waals surface area contributed by atoms with E-state index in [0.29, 0.717) is 30.3 Å². The summed E-state index contributed by atoms with van der Waals surface area (Å²) in [6.45, 7) is 0.640. The third-order valence-corrected chi connectivity index (χ3v) is 2.18. The summed E-state index contributed by atoms with van der Waals surface area (Å²) in [5.41, 5.74) is 5.91. The Labute approximate surface area is 102 Å². The highest BCUT2D eigenvalue weighted by Crippen LogP contribution is 2.01. The minimum atomic E-state index is 0.232. The molecule has 0 unspecified atom stereocenters. The summed E-state index contributed by atoms with van der Waals surface area (Å²) < 4.78 is 4.61. The zero-order valence-corrected chi connectivity index (χ0v) is 9.65. The lowest BCUT2D eigenvalue weighted by molar-refractivity contribution is 0.410. The second-order valence-electron chi connectivity index (χ2n) is 3.18. The Morgan fingerprint density at radius 2 is 2.24 bits per heavy atom. The van der Waals surface area contributed by atoms with Crippen molar-refractivity contribution in [2.45, 2.75) is 6.42 Å². The van der Waals surface area contributed by atoms with Gasteiger partial charge in [-0.25, -0.2) is 9.97 Å². The van der Waals surface area contributed by atoms with E-state index in [1.807, 2.05) is 0 Å². The summed E-state index contributed by atoms with van der Waals surface area (Å²) in [4.78, 5) is 12.3. The predicted octanol–water partition coefficient (Wildman–Crippen LogP) is 0.148. The molecule has 0 fully saturated rings. The van der Waals surface area contributed by atoms with Crippen LogP contribution in [0.1, 0.15) is 11.5 Å². The molecule has 2 heterocycles. The van der Waals surface area contributed by atoms with Gasteiger partial charge in [0.15, 0.2) is 5.82 Å². The molecule has 0 bridgehead atoms. The van der Waals surface area contributed by atoms with Gasteiger partial charge in [-0.05, 0) is 0 Å². The lowest BCUT2D eigenvalue weighted by atomic mass is 10.4. The molecule has 0 saturated heterocycles. The van der Waals surface area contributed by atoms with Crippen LogP contribution in [-0.2, 0) is 6.42 Å². The molecule has 0 saturated carbocycles. The highest BCUT2D eigenvalue weighted by atomic mass is 32.1. The maximum Gasteiger partial charge on any atom is 0.213 e. The molecule has 2 rings (SSSR count). The normalized spacial score (nSPS) is 10.1. The zero-order valence-electron chi connectivity index (χ0n) is 8.83. The summed E-state index contributed by atoms with van der Waals surface area (Å²) in [6.07, 6.45) is 5.05. The molecule has 0 atom stereocenters. The number of hydrogen-bond acceptors (Lipinski definition) is 7. The Bertz CT molecular complexity index is 483. The summed E-state index contributed by atoms with van der Waals surface area (Å²) in [6, 6.07) is 0. The fraction of sp³-hybridized carbons (Fsp3) is 0.222. The third kappa shape index (κ3) is 3.18. The maximum atomic E-state index is 5.41. The Hall–Kier alpha value is -2.09. The van der Waals surface area contributed by atoms with E-state index in [4.69, 9.17) is 18.0 Å². The van der Waals surface area contributed by atoms with Crippen molar-refractivity contribution in [2.24, 2.45) is 5.73 Å². The van der Waals surface area contributed by atoms with E-state index in [0.717, 1.165) is 0 Å². The number of aromatic nitrogens is 4. The van der Waals surface area contributed by atoms with Gasteiger partial charge in [0.05, 0.1) is 12.4 Å². The van der Waals surface area contributed by atoms with Crippen LogP contribution in [0.2, 0.25) is 0 Å². The first-order valence-corrected chi connectivity index (χ1v) is 5.27. The number of nitrogens with one attached hydrogen (secondary N) is 1. The van der Waals surface area contributed by atoms with Crippen molar-refractivity contribution in [3.05, 3.63) is 30.3 Å². The highest BCUT2D eigenvalue weighted by molar-refractivity contribution is 7.80. The SMILES string of the molecule is NC(=S)c1cnc(NCCc2ncon2)cn1. The lowest BCUT2D eigenvalue weighted by Crippen LogP contribution is -2.13. The van der Waals surface area contributed by atoms with Crippen LogP contribution in [-0.4, -0.2) is 31.6 Å². The van der Waals surface area contributed by atoms with Crippen LogP contribution in [0.4, 0.5) is 5.82 Å². The molecule has 8 heteroatoms. The summed E-state index contributed by atoms with van der Waals surface area (Å²) in [5.74, 6) is 1.29. The fourth-order valence-corrected chi connectivity index (χ4v) is 1.26. The van der Waals surface area contributed by atoms with Crippen LogP contribution in [0.15, 0.2) is 23.3 Å². The number of rotatable bonds is 5. The molecule has 0 spiro atoms. The second-order valence-corrected chi connectivity index (χ2v) is 3.62. The largest absolute Gasteiger partial charge is 0.388 e. The Kier molecular flexibility index (Phi) is 3.55. The van der Waals surface area contributed by atoms with E-state index in [2.05, 4.69) is 29.9 Å². The van der Waals surface area contributed by atoms with Crippen LogP contribution in [0.25, 0.3) is 0 Å². The molecule has 0 aliphatic heterocycles. The zero-order chi connectivity index (χ0) is 12.1. The van der Waals surface area contributed by atoms with Crippen LogP contribution in [0, 0.1) is 0 Å². The van der Waals surface area contributed by atoms with Crippen molar-refractivity contribution in [1.29, 1.82) is 0 Å². The molecule has 0 aromatic carbocycles. The Morgan fingerprint density at radius 1 is 1.35 bits per heavy atom. The molecular formula is C9H10N6OS. The molecule has 0 radical (unpaired) electrons. The monoisotopic (exact) mass is 250 g/mol. The quantitative estimate of drug-likeness (QED) is 0.723. The number of thiocarbonyl (C=S) groups is 1. The summed E-state index contributed by atoms with van der Waals surface area (Å²) >= 11 is 4.77. The second kappa shape index (κ2) is 5.30. The molecule has 17 heavy (non-hydrogen) atoms. The van der Waals surface area contributed by atoms with Crippen LogP contribution in [0.5, 0.6) is 0 Å². The Morgan fingerprint density at radius 3 is 2.82 bits per heavy atom. The molecule has 7 nitrogen and oxygen atoms in total. The van der Waals surface area contributed by atoms with Crippen molar-refractivity contribution in [3.63, 3.8) is 0 Å². The van der Waals surface area contributed by atoms with Gasteiger partial charge in [-0.15, -0.1) is 0 Å². The molecule has 0 aliphatic rings. The van der Waals surface area contributed by atoms with Gasteiger partial charge in [0.1, 0.15) is 16.5 Å². The summed E-state index contributed by atoms with van der Waals surface area (Å²) in [5, 5.41) is 6.76. The lowest BCUT2D eigenvalue weighted by Gasteiger charge is -2.03. The van der Waals surface area contributed by atoms with Crippen LogP contribution >= 0.6 is 12.2 Å². The first kappa shape index (κ1) is 11.4. The van der Waals surface area contributed by atoms with Crippen LogP contribution < -0.4 is 11.1 Å². The molecule has 0 aliphatic carbocycles. The maximum absolute atomic E-state index is 5.41. The Balaban J connectivity index is 1.85. The number of nitrogens with zero attached hydrogens (tertiary/aromatic N) is 4. The number of nitrogens with two attached hydrogens (primary N) is 1. The molecule has 2 aromatic heterocycles. The van der Waals surface area contributed by atoms with E-state index in [1.165, 1.54) is 12.6 Å². The van der Waals surface area contributed by atoms with Gasteiger partial charge < -0.3 is 15.6 Å². The van der Waals surface area contributed by atoms with Crippen molar-refractivity contribution in [1.82, 2.24) is 20.1 Å². The predicted molar refractivity (Wildman–Crippen MR) is 64.4 cm³/mol. The molecular weight excluding hydrogens is 240 g/mol. The van der Waals surface area contributed by atoms with Gasteiger partial charge in [0.25, 0.3) is 0 Å². The fourth-order valence-electron chi connectivity index (χ4n) is 1.15. The minimum absolute atomic E-state index is 0.232. The van der Waals surface area contributed by atoms with Gasteiger partial charge in [-0.2, -0.15) is 4.98 Å². The average Bonchev–Trinajstić information content (AvgIpc) is 2.83. The average molecular weight is 250 g/mol. The van der Waals surface area contributed by atoms with E-state index in [1.54, 1.807) is 6.20 Å². The highest BCUT2D eigenvalue weighted by Gasteiger charge is 2.01. The van der Waals surface area contributed by atoms with Gasteiger partial charge in [0.2, 0.25) is 6.39 Å². The molecule has 2 aromatic rings. The van der Waals surface area contributed by atoms with E-state index in [9.17, 15) is 0 Å². The van der Waals surface area contributed by atoms with Gasteiger partial charge >= 0.3 is 0 Å². The number of anilines is 1. The molecule has 88 valence electrons. The van der Waals surface area contributed by atoms with Crippen molar-refractivity contribution in [2.75, 3.05) is 11.9 Å². The van der Waals surface area contributed by atoms with Crippen molar-refractivity contribution >= 4 is 23.0 Å². The third-order valence-electron chi connectivity index (χ3n) is 1.97. The van der Waals surface area contributed by atoms with Crippen molar-refractivity contribution in [3.8, 4) is 0 Å².